The van der Waals surface area contributed by atoms with Gasteiger partial charge >= 0.3 is 0 Å². The second-order valence-electron chi connectivity index (χ2n) is 4.94. The van der Waals surface area contributed by atoms with Crippen LogP contribution in [0.5, 0.6) is 0 Å². The van der Waals surface area contributed by atoms with Gasteiger partial charge in [-0.05, 0) is 32.3 Å². The van der Waals surface area contributed by atoms with Crippen molar-refractivity contribution in [3.63, 3.8) is 0 Å². The Balaban J connectivity index is 1.90. The summed E-state index contributed by atoms with van der Waals surface area (Å²) in [6.07, 6.45) is 3.35. The number of carbonyl (C=O) groups is 1. The van der Waals surface area contributed by atoms with Gasteiger partial charge in [0, 0.05) is 24.2 Å². The zero-order valence-electron chi connectivity index (χ0n) is 12.3. The molecule has 0 aliphatic carbocycles. The molecule has 0 aliphatic heterocycles. The van der Waals surface area contributed by atoms with Crippen molar-refractivity contribution in [3.8, 4) is 0 Å². The highest BCUT2D eigenvalue weighted by Gasteiger charge is 2.08. The van der Waals surface area contributed by atoms with Gasteiger partial charge in [-0.15, -0.1) is 0 Å². The van der Waals surface area contributed by atoms with E-state index in [4.69, 9.17) is 0 Å². The van der Waals surface area contributed by atoms with Crippen LogP contribution < -0.4 is 0 Å². The van der Waals surface area contributed by atoms with E-state index in [0.29, 0.717) is 6.42 Å². The predicted octanol–water partition coefficient (Wildman–Crippen LogP) is 3.67. The molecule has 0 aliphatic rings. The summed E-state index contributed by atoms with van der Waals surface area (Å²) in [6.45, 7) is 5.11. The zero-order valence-corrected chi connectivity index (χ0v) is 12.3. The Labute approximate surface area is 120 Å². The van der Waals surface area contributed by atoms with Crippen molar-refractivity contribution in [2.45, 2.75) is 46.1 Å². The molecule has 106 valence electrons. The molecule has 1 aromatic carbocycles. The summed E-state index contributed by atoms with van der Waals surface area (Å²) in [6, 6.07) is 11.7. The second-order valence-corrected chi connectivity index (χ2v) is 4.94. The molecule has 0 bridgehead atoms. The molecule has 0 saturated carbocycles. The lowest BCUT2D eigenvalue weighted by Gasteiger charge is -2.04. The molecule has 2 aromatic rings. The minimum Gasteiger partial charge on any atom is -0.294 e. The summed E-state index contributed by atoms with van der Waals surface area (Å²) >= 11 is 0. The first-order valence-electron chi connectivity index (χ1n) is 7.38. The Morgan fingerprint density at radius 1 is 1.20 bits per heavy atom. The largest absolute Gasteiger partial charge is 0.294 e. The Kier molecular flexibility index (Phi) is 5.10. The van der Waals surface area contributed by atoms with Crippen LogP contribution >= 0.6 is 0 Å². The number of Topliss-reactive ketones (excluding diaryl/α,β-unsaturated/α-hetero) is 1. The first kappa shape index (κ1) is 14.5. The van der Waals surface area contributed by atoms with E-state index in [1.54, 1.807) is 0 Å². The molecule has 0 fully saturated rings. The SMILES string of the molecule is CCc1cc(CCCC(=O)c2ccccc2)n(CC)n1. The van der Waals surface area contributed by atoms with Crippen molar-refractivity contribution in [2.75, 3.05) is 0 Å². The van der Waals surface area contributed by atoms with Gasteiger partial charge in [0.25, 0.3) is 0 Å². The third kappa shape index (κ3) is 3.56. The Hall–Kier alpha value is -1.90. The van der Waals surface area contributed by atoms with Crippen LogP contribution in [0.2, 0.25) is 0 Å². The standard InChI is InChI=1S/C17H22N2O/c1-3-15-13-16(19(4-2)18-15)11-8-12-17(20)14-9-6-5-7-10-14/h5-7,9-10,13H,3-4,8,11-12H2,1-2H3. The van der Waals surface area contributed by atoms with Crippen LogP contribution in [0.4, 0.5) is 0 Å². The lowest BCUT2D eigenvalue weighted by molar-refractivity contribution is 0.0980. The molecule has 0 amide bonds. The molecule has 0 N–H and O–H groups in total. The number of hydrogen-bond acceptors (Lipinski definition) is 2. The third-order valence-electron chi connectivity index (χ3n) is 3.51. The summed E-state index contributed by atoms with van der Waals surface area (Å²) in [7, 11) is 0. The molecule has 1 aromatic heterocycles. The molecule has 3 heteroatoms. The molecule has 0 radical (unpaired) electrons. The van der Waals surface area contributed by atoms with Gasteiger partial charge in [-0.2, -0.15) is 5.10 Å². The molecule has 2 rings (SSSR count). The summed E-state index contributed by atoms with van der Waals surface area (Å²) in [5, 5.41) is 4.53. The number of ketones is 1. The van der Waals surface area contributed by atoms with Crippen molar-refractivity contribution < 1.29 is 4.79 Å². The van der Waals surface area contributed by atoms with Crippen LogP contribution in [-0.4, -0.2) is 15.6 Å². The summed E-state index contributed by atoms with van der Waals surface area (Å²) in [5.41, 5.74) is 3.19. The van der Waals surface area contributed by atoms with E-state index in [9.17, 15) is 4.79 Å². The number of hydrogen-bond donors (Lipinski definition) is 0. The summed E-state index contributed by atoms with van der Waals surface area (Å²) < 4.78 is 2.05. The van der Waals surface area contributed by atoms with E-state index in [1.165, 1.54) is 5.69 Å². The number of rotatable bonds is 7. The topological polar surface area (TPSA) is 34.9 Å². The molecular weight excluding hydrogens is 248 g/mol. The van der Waals surface area contributed by atoms with Crippen molar-refractivity contribution in [3.05, 3.63) is 53.3 Å². The average molecular weight is 270 g/mol. The molecule has 20 heavy (non-hydrogen) atoms. The zero-order chi connectivity index (χ0) is 14.4. The molecular formula is C17H22N2O. The van der Waals surface area contributed by atoms with Crippen LogP contribution in [0.3, 0.4) is 0 Å². The van der Waals surface area contributed by atoms with Gasteiger partial charge in [-0.3, -0.25) is 9.48 Å². The van der Waals surface area contributed by atoms with E-state index >= 15 is 0 Å². The molecule has 3 nitrogen and oxygen atoms in total. The van der Waals surface area contributed by atoms with Crippen molar-refractivity contribution >= 4 is 5.78 Å². The smallest absolute Gasteiger partial charge is 0.162 e. The van der Waals surface area contributed by atoms with Crippen LogP contribution in [0.25, 0.3) is 0 Å². The third-order valence-corrected chi connectivity index (χ3v) is 3.51. The number of aryl methyl sites for hydroxylation is 3. The molecule has 0 atom stereocenters. The Morgan fingerprint density at radius 2 is 1.95 bits per heavy atom. The van der Waals surface area contributed by atoms with Crippen LogP contribution in [0.15, 0.2) is 36.4 Å². The maximum Gasteiger partial charge on any atom is 0.162 e. The van der Waals surface area contributed by atoms with Gasteiger partial charge in [-0.1, -0.05) is 37.3 Å². The van der Waals surface area contributed by atoms with E-state index < -0.39 is 0 Å². The van der Waals surface area contributed by atoms with Crippen LogP contribution in [-0.2, 0) is 19.4 Å². The van der Waals surface area contributed by atoms with Crippen molar-refractivity contribution in [1.29, 1.82) is 0 Å². The fourth-order valence-electron chi connectivity index (χ4n) is 2.36. The normalized spacial score (nSPS) is 10.7. The minimum absolute atomic E-state index is 0.226. The van der Waals surface area contributed by atoms with E-state index in [2.05, 4.69) is 25.0 Å². The van der Waals surface area contributed by atoms with Crippen molar-refractivity contribution in [1.82, 2.24) is 9.78 Å². The molecule has 0 spiro atoms. The van der Waals surface area contributed by atoms with E-state index in [-0.39, 0.29) is 5.78 Å². The highest BCUT2D eigenvalue weighted by molar-refractivity contribution is 5.95. The van der Waals surface area contributed by atoms with Gasteiger partial charge < -0.3 is 0 Å². The first-order chi connectivity index (χ1) is 9.74. The second kappa shape index (κ2) is 7.04. The number of carbonyl (C=O) groups excluding carboxylic acids is 1. The minimum atomic E-state index is 0.226. The monoisotopic (exact) mass is 270 g/mol. The lowest BCUT2D eigenvalue weighted by Crippen LogP contribution is -2.05. The van der Waals surface area contributed by atoms with Crippen LogP contribution in [0.1, 0.15) is 48.4 Å². The Morgan fingerprint density at radius 3 is 2.60 bits per heavy atom. The fourth-order valence-corrected chi connectivity index (χ4v) is 2.36. The lowest BCUT2D eigenvalue weighted by atomic mass is 10.0. The molecule has 0 saturated heterocycles. The van der Waals surface area contributed by atoms with Gasteiger partial charge in [0.15, 0.2) is 5.78 Å². The van der Waals surface area contributed by atoms with Gasteiger partial charge in [-0.25, -0.2) is 0 Å². The summed E-state index contributed by atoms with van der Waals surface area (Å²) in [4.78, 5) is 12.0. The predicted molar refractivity (Wildman–Crippen MR) is 81.0 cm³/mol. The molecule has 0 unspecified atom stereocenters. The maximum absolute atomic E-state index is 12.0. The van der Waals surface area contributed by atoms with Gasteiger partial charge in [0.2, 0.25) is 0 Å². The molecule has 1 heterocycles. The van der Waals surface area contributed by atoms with Gasteiger partial charge in [0.1, 0.15) is 0 Å². The quantitative estimate of drug-likeness (QED) is 0.719. The fraction of sp³-hybridized carbons (Fsp3) is 0.412. The number of benzene rings is 1. The number of nitrogens with zero attached hydrogens (tertiary/aromatic N) is 2. The first-order valence-corrected chi connectivity index (χ1v) is 7.38. The highest BCUT2D eigenvalue weighted by atomic mass is 16.1. The average Bonchev–Trinajstić information content (AvgIpc) is 2.90. The van der Waals surface area contributed by atoms with Crippen molar-refractivity contribution in [2.24, 2.45) is 0 Å². The van der Waals surface area contributed by atoms with Crippen LogP contribution in [0, 0.1) is 0 Å². The van der Waals surface area contributed by atoms with E-state index in [0.717, 1.165) is 37.1 Å². The van der Waals surface area contributed by atoms with E-state index in [1.807, 2.05) is 35.0 Å². The Bertz CT molecular complexity index is 558. The summed E-state index contributed by atoms with van der Waals surface area (Å²) in [5.74, 6) is 0.226. The number of aromatic nitrogens is 2. The van der Waals surface area contributed by atoms with Gasteiger partial charge in [0.05, 0.1) is 5.69 Å². The maximum atomic E-state index is 12.0. The highest BCUT2D eigenvalue weighted by Crippen LogP contribution is 2.11.